The molecule has 132 valence electrons. The average Bonchev–Trinajstić information content (AvgIpc) is 2.62. The molecule has 0 bridgehead atoms. The summed E-state index contributed by atoms with van der Waals surface area (Å²) in [4.78, 5) is 0.365. The van der Waals surface area contributed by atoms with Crippen LogP contribution in [0.1, 0.15) is 11.1 Å². The van der Waals surface area contributed by atoms with Gasteiger partial charge in [0, 0.05) is 16.1 Å². The molecular formula is C20H13BrF2O2S. The van der Waals surface area contributed by atoms with Crippen LogP contribution in [0.3, 0.4) is 0 Å². The van der Waals surface area contributed by atoms with Gasteiger partial charge in [0.15, 0.2) is 0 Å². The topological polar surface area (TPSA) is 34.1 Å². The average molecular weight is 435 g/mol. The Morgan fingerprint density at radius 2 is 1.42 bits per heavy atom. The van der Waals surface area contributed by atoms with E-state index in [0.29, 0.717) is 10.0 Å². The molecule has 0 atom stereocenters. The lowest BCUT2D eigenvalue weighted by Gasteiger charge is -2.07. The summed E-state index contributed by atoms with van der Waals surface area (Å²) in [7, 11) is -3.61. The first-order valence-electron chi connectivity index (χ1n) is 7.61. The summed E-state index contributed by atoms with van der Waals surface area (Å²) in [5.74, 6) is -1.31. The van der Waals surface area contributed by atoms with E-state index in [2.05, 4.69) is 15.9 Å². The van der Waals surface area contributed by atoms with Gasteiger partial charge < -0.3 is 0 Å². The van der Waals surface area contributed by atoms with E-state index in [1.807, 2.05) is 0 Å². The second-order valence-electron chi connectivity index (χ2n) is 5.50. The molecule has 0 spiro atoms. The molecule has 0 saturated heterocycles. The molecule has 6 heteroatoms. The molecule has 0 N–H and O–H groups in total. The van der Waals surface area contributed by atoms with E-state index in [4.69, 9.17) is 0 Å². The number of rotatable bonds is 4. The van der Waals surface area contributed by atoms with Crippen molar-refractivity contribution in [1.82, 2.24) is 0 Å². The lowest BCUT2D eigenvalue weighted by molar-refractivity contribution is 0.581. The SMILES string of the molecule is O=S(=O)(c1ccccc1)c1ccc(/C=C/c2ccc(F)cc2F)c(Br)c1. The van der Waals surface area contributed by atoms with Crippen LogP contribution in [-0.4, -0.2) is 8.42 Å². The van der Waals surface area contributed by atoms with Gasteiger partial charge in [-0.1, -0.05) is 52.3 Å². The maximum absolute atomic E-state index is 13.7. The summed E-state index contributed by atoms with van der Waals surface area (Å²) in [5, 5.41) is 0. The molecule has 3 aromatic carbocycles. The molecule has 0 radical (unpaired) electrons. The van der Waals surface area contributed by atoms with E-state index < -0.39 is 21.5 Å². The molecule has 26 heavy (non-hydrogen) atoms. The lowest BCUT2D eigenvalue weighted by atomic mass is 10.1. The number of hydrogen-bond acceptors (Lipinski definition) is 2. The summed E-state index contributed by atoms with van der Waals surface area (Å²) in [5.41, 5.74) is 0.903. The van der Waals surface area contributed by atoms with Crippen LogP contribution >= 0.6 is 15.9 Å². The quantitative estimate of drug-likeness (QED) is 0.491. The van der Waals surface area contributed by atoms with Crippen LogP contribution < -0.4 is 0 Å². The molecule has 0 amide bonds. The minimum absolute atomic E-state index is 0.153. The standard InChI is InChI=1S/C20H13BrF2O2S/c21-19-13-18(26(24,25)17-4-2-1-3-5-17)11-9-14(19)6-7-15-8-10-16(22)12-20(15)23/h1-13H/b7-6+. The van der Waals surface area contributed by atoms with Gasteiger partial charge in [0.05, 0.1) is 9.79 Å². The van der Waals surface area contributed by atoms with E-state index in [9.17, 15) is 17.2 Å². The summed E-state index contributed by atoms with van der Waals surface area (Å²) >= 11 is 3.35. The second-order valence-corrected chi connectivity index (χ2v) is 8.30. The Bertz CT molecular complexity index is 1080. The zero-order valence-corrected chi connectivity index (χ0v) is 15.8. The maximum Gasteiger partial charge on any atom is 0.206 e. The Hall–Kier alpha value is -2.31. The highest BCUT2D eigenvalue weighted by Crippen LogP contribution is 2.27. The van der Waals surface area contributed by atoms with Crippen LogP contribution in [0.15, 0.2) is 81.0 Å². The van der Waals surface area contributed by atoms with Gasteiger partial charge in [-0.25, -0.2) is 17.2 Å². The predicted molar refractivity (Wildman–Crippen MR) is 101 cm³/mol. The van der Waals surface area contributed by atoms with Crippen molar-refractivity contribution in [2.45, 2.75) is 9.79 Å². The highest BCUT2D eigenvalue weighted by atomic mass is 79.9. The van der Waals surface area contributed by atoms with Gasteiger partial charge in [-0.3, -0.25) is 0 Å². The van der Waals surface area contributed by atoms with Gasteiger partial charge >= 0.3 is 0 Å². The van der Waals surface area contributed by atoms with Crippen LogP contribution in [0, 0.1) is 11.6 Å². The van der Waals surface area contributed by atoms with Gasteiger partial charge in [-0.2, -0.15) is 0 Å². The van der Waals surface area contributed by atoms with Crippen LogP contribution in [0.2, 0.25) is 0 Å². The third-order valence-corrected chi connectivity index (χ3v) is 6.19. The first-order valence-corrected chi connectivity index (χ1v) is 9.88. The van der Waals surface area contributed by atoms with Gasteiger partial charge in [0.2, 0.25) is 9.84 Å². The molecule has 3 aromatic rings. The molecule has 2 nitrogen and oxygen atoms in total. The Balaban J connectivity index is 1.92. The Labute approximate surface area is 158 Å². The molecule has 0 aliphatic rings. The van der Waals surface area contributed by atoms with E-state index in [-0.39, 0.29) is 15.4 Å². The minimum Gasteiger partial charge on any atom is -0.219 e. The highest BCUT2D eigenvalue weighted by Gasteiger charge is 2.17. The summed E-state index contributed by atoms with van der Waals surface area (Å²) < 4.78 is 52.4. The monoisotopic (exact) mass is 434 g/mol. The van der Waals surface area contributed by atoms with E-state index >= 15 is 0 Å². The fourth-order valence-corrected chi connectivity index (χ4v) is 4.33. The number of halogens is 3. The van der Waals surface area contributed by atoms with Crippen molar-refractivity contribution in [3.05, 3.63) is 94.0 Å². The highest BCUT2D eigenvalue weighted by molar-refractivity contribution is 9.10. The second kappa shape index (κ2) is 7.51. The predicted octanol–water partition coefficient (Wildman–Crippen LogP) is 5.73. The first kappa shape index (κ1) is 18.5. The summed E-state index contributed by atoms with van der Waals surface area (Å²) in [6, 6.07) is 16.1. The van der Waals surface area contributed by atoms with Gasteiger partial charge in [-0.05, 0) is 42.0 Å². The third-order valence-electron chi connectivity index (χ3n) is 3.74. The normalized spacial score (nSPS) is 11.8. The third kappa shape index (κ3) is 3.92. The summed E-state index contributed by atoms with van der Waals surface area (Å²) in [6.07, 6.45) is 3.12. The fourth-order valence-electron chi connectivity index (χ4n) is 2.36. The lowest BCUT2D eigenvalue weighted by Crippen LogP contribution is -2.01. The van der Waals surface area contributed by atoms with Crippen LogP contribution in [0.25, 0.3) is 12.2 Å². The first-order chi connectivity index (χ1) is 12.4. The van der Waals surface area contributed by atoms with Crippen molar-refractivity contribution < 1.29 is 17.2 Å². The van der Waals surface area contributed by atoms with E-state index in [0.717, 1.165) is 6.07 Å². The molecule has 0 heterocycles. The molecule has 0 aliphatic carbocycles. The molecule has 0 aromatic heterocycles. The molecular weight excluding hydrogens is 422 g/mol. The van der Waals surface area contributed by atoms with E-state index in [1.165, 1.54) is 42.5 Å². The van der Waals surface area contributed by atoms with Crippen molar-refractivity contribution in [3.8, 4) is 0 Å². The number of sulfone groups is 1. The van der Waals surface area contributed by atoms with E-state index in [1.54, 1.807) is 30.3 Å². The Morgan fingerprint density at radius 1 is 0.769 bits per heavy atom. The van der Waals surface area contributed by atoms with Crippen molar-refractivity contribution >= 4 is 37.9 Å². The number of hydrogen-bond donors (Lipinski definition) is 0. The van der Waals surface area contributed by atoms with Crippen molar-refractivity contribution in [1.29, 1.82) is 0 Å². The zero-order chi connectivity index (χ0) is 18.7. The summed E-state index contributed by atoms with van der Waals surface area (Å²) in [6.45, 7) is 0. The Morgan fingerprint density at radius 3 is 2.08 bits per heavy atom. The fraction of sp³-hybridized carbons (Fsp3) is 0. The van der Waals surface area contributed by atoms with Crippen molar-refractivity contribution in [2.75, 3.05) is 0 Å². The van der Waals surface area contributed by atoms with Gasteiger partial charge in [-0.15, -0.1) is 0 Å². The van der Waals surface area contributed by atoms with Crippen LogP contribution in [0.5, 0.6) is 0 Å². The van der Waals surface area contributed by atoms with Gasteiger partial charge in [0.1, 0.15) is 11.6 Å². The smallest absolute Gasteiger partial charge is 0.206 e. The largest absolute Gasteiger partial charge is 0.219 e. The molecule has 0 unspecified atom stereocenters. The molecule has 0 fully saturated rings. The van der Waals surface area contributed by atoms with Crippen molar-refractivity contribution in [2.24, 2.45) is 0 Å². The minimum atomic E-state index is -3.61. The van der Waals surface area contributed by atoms with Gasteiger partial charge in [0.25, 0.3) is 0 Å². The van der Waals surface area contributed by atoms with Crippen LogP contribution in [-0.2, 0) is 9.84 Å². The number of benzene rings is 3. The maximum atomic E-state index is 13.7. The molecule has 0 aliphatic heterocycles. The van der Waals surface area contributed by atoms with Crippen LogP contribution in [0.4, 0.5) is 8.78 Å². The molecule has 3 rings (SSSR count). The van der Waals surface area contributed by atoms with Crippen molar-refractivity contribution in [3.63, 3.8) is 0 Å². The molecule has 0 saturated carbocycles. The Kier molecular flexibility index (Phi) is 5.34. The zero-order valence-electron chi connectivity index (χ0n) is 13.4.